The molecule has 0 radical (unpaired) electrons. The van der Waals surface area contributed by atoms with E-state index in [1.807, 2.05) is 0 Å². The number of hydrogen-bond donors (Lipinski definition) is 2. The van der Waals surface area contributed by atoms with Gasteiger partial charge < -0.3 is 10.3 Å². The summed E-state index contributed by atoms with van der Waals surface area (Å²) in [6.45, 7) is 0.942. The van der Waals surface area contributed by atoms with Crippen LogP contribution in [-0.2, 0) is 6.42 Å². The third-order valence-corrected chi connectivity index (χ3v) is 3.67. The Morgan fingerprint density at radius 1 is 1.47 bits per heavy atom. The van der Waals surface area contributed by atoms with E-state index in [9.17, 15) is 0 Å². The van der Waals surface area contributed by atoms with Crippen molar-refractivity contribution in [1.29, 1.82) is 0 Å². The minimum atomic E-state index is 0.0949. The molecule has 1 atom stereocenters. The number of thiazole rings is 1. The first kappa shape index (κ1) is 9.33. The summed E-state index contributed by atoms with van der Waals surface area (Å²) in [6.07, 6.45) is 4.41. The lowest BCUT2D eigenvalue weighted by atomic mass is 10.1. The summed E-state index contributed by atoms with van der Waals surface area (Å²) in [5.41, 5.74) is 2.25. The molecule has 0 spiro atoms. The van der Waals surface area contributed by atoms with Gasteiger partial charge in [0.15, 0.2) is 0 Å². The van der Waals surface area contributed by atoms with Crippen molar-refractivity contribution in [3.63, 3.8) is 0 Å². The smallest absolute Gasteiger partial charge is 0.117 e. The van der Waals surface area contributed by atoms with Crippen LogP contribution in [0.25, 0.3) is 0 Å². The number of nitrogens with one attached hydrogen (secondary N) is 2. The SMILES string of the molecule is Clc1cnc(C2NCCc3[nH]cnc32)s1. The molecule has 78 valence electrons. The number of aromatic nitrogens is 3. The van der Waals surface area contributed by atoms with Gasteiger partial charge in [-0.05, 0) is 0 Å². The van der Waals surface area contributed by atoms with Gasteiger partial charge in [-0.1, -0.05) is 11.6 Å². The average Bonchev–Trinajstić information content (AvgIpc) is 2.84. The zero-order chi connectivity index (χ0) is 10.3. The lowest BCUT2D eigenvalue weighted by molar-refractivity contribution is 0.551. The van der Waals surface area contributed by atoms with Crippen LogP contribution < -0.4 is 5.32 Å². The predicted octanol–water partition coefficient (Wildman–Crippen LogP) is 1.75. The number of H-pyrrole nitrogens is 1. The lowest BCUT2D eigenvalue weighted by Crippen LogP contribution is -2.30. The minimum absolute atomic E-state index is 0.0949. The zero-order valence-corrected chi connectivity index (χ0v) is 9.40. The van der Waals surface area contributed by atoms with E-state index in [2.05, 4.69) is 20.3 Å². The van der Waals surface area contributed by atoms with E-state index in [0.29, 0.717) is 0 Å². The van der Waals surface area contributed by atoms with Crippen LogP contribution in [0.15, 0.2) is 12.5 Å². The first-order valence-electron chi connectivity index (χ1n) is 4.71. The maximum atomic E-state index is 5.88. The number of hydrogen-bond acceptors (Lipinski definition) is 4. The first-order chi connectivity index (χ1) is 7.34. The maximum absolute atomic E-state index is 5.88. The molecule has 1 aliphatic heterocycles. The Labute approximate surface area is 95.7 Å². The minimum Gasteiger partial charge on any atom is -0.348 e. The van der Waals surface area contributed by atoms with E-state index < -0.39 is 0 Å². The molecule has 0 aliphatic carbocycles. The molecular formula is C9H9ClN4S. The second-order valence-electron chi connectivity index (χ2n) is 3.41. The molecule has 1 aliphatic rings. The highest BCUT2D eigenvalue weighted by Gasteiger charge is 2.25. The fraction of sp³-hybridized carbons (Fsp3) is 0.333. The quantitative estimate of drug-likeness (QED) is 0.799. The molecule has 3 rings (SSSR count). The van der Waals surface area contributed by atoms with Crippen molar-refractivity contribution in [3.05, 3.63) is 33.3 Å². The second kappa shape index (κ2) is 3.59. The van der Waals surface area contributed by atoms with Crippen LogP contribution in [0.4, 0.5) is 0 Å². The molecule has 3 heterocycles. The van der Waals surface area contributed by atoms with Gasteiger partial charge in [-0.2, -0.15) is 0 Å². The third kappa shape index (κ3) is 1.56. The Hall–Kier alpha value is -0.910. The molecule has 2 N–H and O–H groups in total. The van der Waals surface area contributed by atoms with Crippen LogP contribution in [-0.4, -0.2) is 21.5 Å². The molecule has 0 saturated heterocycles. The van der Waals surface area contributed by atoms with Gasteiger partial charge in [-0.15, -0.1) is 11.3 Å². The van der Waals surface area contributed by atoms with Crippen molar-refractivity contribution < 1.29 is 0 Å². The standard InChI is InChI=1S/C9H9ClN4S/c10-6-3-12-9(15-6)8-7-5(1-2-11-8)13-4-14-7/h3-4,8,11H,1-2H2,(H,13,14). The predicted molar refractivity (Wildman–Crippen MR) is 59.3 cm³/mol. The fourth-order valence-electron chi connectivity index (χ4n) is 1.82. The Kier molecular flexibility index (Phi) is 2.23. The number of aromatic amines is 1. The summed E-state index contributed by atoms with van der Waals surface area (Å²) in [4.78, 5) is 11.8. The average molecular weight is 241 g/mol. The molecule has 1 unspecified atom stereocenters. The van der Waals surface area contributed by atoms with Gasteiger partial charge in [0.2, 0.25) is 0 Å². The molecule has 2 aromatic rings. The van der Waals surface area contributed by atoms with Crippen molar-refractivity contribution in [3.8, 4) is 0 Å². The van der Waals surface area contributed by atoms with Crippen molar-refractivity contribution in [2.75, 3.05) is 6.54 Å². The monoisotopic (exact) mass is 240 g/mol. The van der Waals surface area contributed by atoms with Gasteiger partial charge in [0.25, 0.3) is 0 Å². The summed E-state index contributed by atoms with van der Waals surface area (Å²) in [5, 5.41) is 4.38. The first-order valence-corrected chi connectivity index (χ1v) is 5.91. The number of nitrogens with zero attached hydrogens (tertiary/aromatic N) is 2. The Balaban J connectivity index is 2.02. The number of fused-ring (bicyclic) bond motifs is 1. The van der Waals surface area contributed by atoms with E-state index >= 15 is 0 Å². The van der Waals surface area contributed by atoms with Crippen molar-refractivity contribution in [2.24, 2.45) is 0 Å². The van der Waals surface area contributed by atoms with Gasteiger partial charge in [0.1, 0.15) is 15.4 Å². The molecular weight excluding hydrogens is 232 g/mol. The highest BCUT2D eigenvalue weighted by atomic mass is 35.5. The summed E-state index contributed by atoms with van der Waals surface area (Å²) < 4.78 is 0.717. The van der Waals surface area contributed by atoms with Crippen molar-refractivity contribution in [2.45, 2.75) is 12.5 Å². The van der Waals surface area contributed by atoms with E-state index in [1.54, 1.807) is 12.5 Å². The molecule has 4 nitrogen and oxygen atoms in total. The molecule has 2 aromatic heterocycles. The Morgan fingerprint density at radius 3 is 3.20 bits per heavy atom. The van der Waals surface area contributed by atoms with Crippen LogP contribution >= 0.6 is 22.9 Å². The molecule has 0 bridgehead atoms. The van der Waals surface area contributed by atoms with Crippen LogP contribution in [0, 0.1) is 0 Å². The van der Waals surface area contributed by atoms with Gasteiger partial charge >= 0.3 is 0 Å². The topological polar surface area (TPSA) is 53.6 Å². The summed E-state index contributed by atoms with van der Waals surface area (Å²) in [7, 11) is 0. The van der Waals surface area contributed by atoms with Crippen LogP contribution in [0.2, 0.25) is 4.34 Å². The summed E-state index contributed by atoms with van der Waals surface area (Å²) in [6, 6.07) is 0.0949. The molecule has 0 aromatic carbocycles. The summed E-state index contributed by atoms with van der Waals surface area (Å²) >= 11 is 7.38. The van der Waals surface area contributed by atoms with E-state index in [4.69, 9.17) is 11.6 Å². The molecule has 6 heteroatoms. The number of rotatable bonds is 1. The fourth-order valence-corrected chi connectivity index (χ4v) is 2.83. The van der Waals surface area contributed by atoms with Gasteiger partial charge in [0.05, 0.1) is 18.2 Å². The van der Waals surface area contributed by atoms with Gasteiger partial charge in [-0.25, -0.2) is 9.97 Å². The van der Waals surface area contributed by atoms with Gasteiger partial charge in [-0.3, -0.25) is 0 Å². The van der Waals surface area contributed by atoms with Crippen LogP contribution in [0.1, 0.15) is 22.4 Å². The van der Waals surface area contributed by atoms with Crippen molar-refractivity contribution >= 4 is 22.9 Å². The normalized spacial score (nSPS) is 20.2. The van der Waals surface area contributed by atoms with E-state index in [1.165, 1.54) is 17.0 Å². The number of imidazole rings is 1. The zero-order valence-electron chi connectivity index (χ0n) is 7.83. The highest BCUT2D eigenvalue weighted by Crippen LogP contribution is 2.30. The molecule has 0 saturated carbocycles. The van der Waals surface area contributed by atoms with Crippen LogP contribution in [0.5, 0.6) is 0 Å². The van der Waals surface area contributed by atoms with Gasteiger partial charge in [0, 0.05) is 18.7 Å². The summed E-state index contributed by atoms with van der Waals surface area (Å²) in [5.74, 6) is 0. The molecule has 0 fully saturated rings. The van der Waals surface area contributed by atoms with E-state index in [-0.39, 0.29) is 6.04 Å². The molecule has 15 heavy (non-hydrogen) atoms. The highest BCUT2D eigenvalue weighted by molar-refractivity contribution is 7.15. The Morgan fingerprint density at radius 2 is 2.40 bits per heavy atom. The Bertz CT molecular complexity index is 478. The second-order valence-corrected chi connectivity index (χ2v) is 5.10. The van der Waals surface area contributed by atoms with Crippen LogP contribution in [0.3, 0.4) is 0 Å². The van der Waals surface area contributed by atoms with Crippen molar-refractivity contribution in [1.82, 2.24) is 20.3 Å². The number of halogens is 1. The third-order valence-electron chi connectivity index (χ3n) is 2.49. The maximum Gasteiger partial charge on any atom is 0.117 e. The van der Waals surface area contributed by atoms with E-state index in [0.717, 1.165) is 28.0 Å². The molecule has 0 amide bonds. The lowest BCUT2D eigenvalue weighted by Gasteiger charge is -2.20. The largest absolute Gasteiger partial charge is 0.348 e.